The standard InChI is InChI=1S/C32H23N3S/c1-5-23-25-19-22(20-13-15-21(16-14-20)32-34-26(6-2)30(8-4)36-32)17-18-24(25)31-33-27-11-9-10-12-29(27)35(31)28(23)7-3/h5-19H,1-4H2. The van der Waals surface area contributed by atoms with Gasteiger partial charge in [-0.2, -0.15) is 0 Å². The molecule has 0 aliphatic heterocycles. The lowest BCUT2D eigenvalue weighted by Gasteiger charge is -2.13. The number of rotatable bonds is 6. The van der Waals surface area contributed by atoms with Crippen molar-refractivity contribution in [3.63, 3.8) is 0 Å². The van der Waals surface area contributed by atoms with Gasteiger partial charge in [-0.25, -0.2) is 9.97 Å². The molecule has 0 N–H and O–H groups in total. The second-order valence-electron chi connectivity index (χ2n) is 8.48. The highest BCUT2D eigenvalue weighted by atomic mass is 32.1. The molecule has 0 spiro atoms. The third-order valence-electron chi connectivity index (χ3n) is 6.55. The first-order valence-corrected chi connectivity index (χ1v) is 12.5. The summed E-state index contributed by atoms with van der Waals surface area (Å²) >= 11 is 1.62. The van der Waals surface area contributed by atoms with Crippen LogP contribution in [0.25, 0.3) is 73.5 Å². The van der Waals surface area contributed by atoms with Crippen molar-refractivity contribution in [1.29, 1.82) is 0 Å². The highest BCUT2D eigenvalue weighted by Crippen LogP contribution is 2.36. The van der Waals surface area contributed by atoms with Crippen LogP contribution in [0.5, 0.6) is 0 Å². The Labute approximate surface area is 213 Å². The van der Waals surface area contributed by atoms with Gasteiger partial charge in [0.1, 0.15) is 10.7 Å². The Kier molecular flexibility index (Phi) is 5.24. The Balaban J connectivity index is 1.51. The molecule has 0 unspecified atom stereocenters. The van der Waals surface area contributed by atoms with Gasteiger partial charge in [0.2, 0.25) is 0 Å². The molecule has 0 saturated heterocycles. The van der Waals surface area contributed by atoms with Gasteiger partial charge in [-0.1, -0.05) is 74.9 Å². The van der Waals surface area contributed by atoms with Gasteiger partial charge >= 0.3 is 0 Å². The Morgan fingerprint density at radius 3 is 2.14 bits per heavy atom. The van der Waals surface area contributed by atoms with E-state index in [-0.39, 0.29) is 0 Å². The number of hydrogen-bond acceptors (Lipinski definition) is 3. The molecule has 0 amide bonds. The molecule has 6 rings (SSSR count). The van der Waals surface area contributed by atoms with Crippen LogP contribution in [0.3, 0.4) is 0 Å². The van der Waals surface area contributed by atoms with Gasteiger partial charge in [-0.15, -0.1) is 11.3 Å². The van der Waals surface area contributed by atoms with Crippen LogP contribution in [0.15, 0.2) is 93.0 Å². The van der Waals surface area contributed by atoms with E-state index in [1.807, 2.05) is 36.4 Å². The molecule has 3 aromatic heterocycles. The Hall–Kier alpha value is -4.54. The average molecular weight is 482 g/mol. The zero-order valence-electron chi connectivity index (χ0n) is 19.7. The van der Waals surface area contributed by atoms with Crippen molar-refractivity contribution in [3.05, 3.63) is 115 Å². The molecule has 4 heteroatoms. The van der Waals surface area contributed by atoms with Crippen molar-refractivity contribution in [3.8, 4) is 21.7 Å². The van der Waals surface area contributed by atoms with E-state index in [9.17, 15) is 0 Å². The largest absolute Gasteiger partial charge is 0.292 e. The second kappa shape index (κ2) is 8.59. The van der Waals surface area contributed by atoms with Crippen molar-refractivity contribution in [2.75, 3.05) is 0 Å². The number of hydrogen-bond donors (Lipinski definition) is 0. The fraction of sp³-hybridized carbons (Fsp3) is 0. The number of fused-ring (bicyclic) bond motifs is 5. The van der Waals surface area contributed by atoms with Gasteiger partial charge in [-0.05, 0) is 59.0 Å². The molecule has 0 radical (unpaired) electrons. The van der Waals surface area contributed by atoms with E-state index in [2.05, 4.69) is 79.2 Å². The van der Waals surface area contributed by atoms with Crippen LogP contribution in [0.4, 0.5) is 0 Å². The number of imidazole rings is 1. The summed E-state index contributed by atoms with van der Waals surface area (Å²) in [5.74, 6) is 0. The summed E-state index contributed by atoms with van der Waals surface area (Å²) in [5, 5.41) is 3.16. The Bertz CT molecular complexity index is 1820. The molecule has 0 atom stereocenters. The molecule has 0 fully saturated rings. The van der Waals surface area contributed by atoms with Gasteiger partial charge in [0.15, 0.2) is 0 Å². The molecule has 0 aliphatic rings. The Morgan fingerprint density at radius 1 is 0.694 bits per heavy atom. The fourth-order valence-corrected chi connectivity index (χ4v) is 5.75. The maximum absolute atomic E-state index is 4.96. The summed E-state index contributed by atoms with van der Waals surface area (Å²) in [7, 11) is 0. The average Bonchev–Trinajstić information content (AvgIpc) is 3.54. The molecule has 0 aliphatic carbocycles. The molecule has 0 bridgehead atoms. The van der Waals surface area contributed by atoms with Crippen LogP contribution in [0, 0.1) is 0 Å². The van der Waals surface area contributed by atoms with E-state index in [4.69, 9.17) is 9.97 Å². The normalized spacial score (nSPS) is 11.2. The topological polar surface area (TPSA) is 30.2 Å². The minimum Gasteiger partial charge on any atom is -0.292 e. The van der Waals surface area contributed by atoms with Gasteiger partial charge in [0.05, 0.1) is 27.3 Å². The fourth-order valence-electron chi connectivity index (χ4n) is 4.83. The van der Waals surface area contributed by atoms with Gasteiger partial charge < -0.3 is 0 Å². The molecule has 3 heterocycles. The predicted octanol–water partition coefficient (Wildman–Crippen LogP) is 9.00. The van der Waals surface area contributed by atoms with Crippen LogP contribution in [0.1, 0.15) is 21.8 Å². The summed E-state index contributed by atoms with van der Waals surface area (Å²) in [5.41, 5.74) is 9.20. The van der Waals surface area contributed by atoms with Crippen LogP contribution in [-0.2, 0) is 0 Å². The van der Waals surface area contributed by atoms with E-state index < -0.39 is 0 Å². The first kappa shape index (κ1) is 22.0. The van der Waals surface area contributed by atoms with E-state index in [0.29, 0.717) is 0 Å². The third-order valence-corrected chi connectivity index (χ3v) is 7.67. The predicted molar refractivity (Wildman–Crippen MR) is 157 cm³/mol. The summed E-state index contributed by atoms with van der Waals surface area (Å²) in [6, 6.07) is 23.3. The lowest BCUT2D eigenvalue weighted by Crippen LogP contribution is -1.97. The smallest absolute Gasteiger partial charge is 0.146 e. The second-order valence-corrected chi connectivity index (χ2v) is 9.51. The van der Waals surface area contributed by atoms with Crippen LogP contribution < -0.4 is 0 Å². The highest BCUT2D eigenvalue weighted by molar-refractivity contribution is 7.16. The van der Waals surface area contributed by atoms with E-state index in [1.54, 1.807) is 17.4 Å². The van der Waals surface area contributed by atoms with E-state index in [1.165, 1.54) is 0 Å². The molecule has 6 aromatic rings. The van der Waals surface area contributed by atoms with Gasteiger partial charge in [-0.3, -0.25) is 4.40 Å². The zero-order valence-corrected chi connectivity index (χ0v) is 20.6. The van der Waals surface area contributed by atoms with Crippen LogP contribution in [-0.4, -0.2) is 14.4 Å². The molecular weight excluding hydrogens is 458 g/mol. The SMILES string of the molecule is C=Cc1nc(-c2ccc(-c3ccc4c(c3)c(C=C)c(C=C)n3c5ccccc5nc43)cc2)sc1C=C. The molecule has 172 valence electrons. The minimum atomic E-state index is 0.872. The first-order chi connectivity index (χ1) is 17.7. The molecule has 3 nitrogen and oxygen atoms in total. The monoisotopic (exact) mass is 481 g/mol. The Morgan fingerprint density at radius 2 is 1.44 bits per heavy atom. The molecule has 36 heavy (non-hydrogen) atoms. The van der Waals surface area contributed by atoms with Crippen LogP contribution in [0.2, 0.25) is 0 Å². The number of para-hydroxylation sites is 2. The molecule has 0 saturated carbocycles. The minimum absolute atomic E-state index is 0.872. The van der Waals surface area contributed by atoms with Gasteiger partial charge in [0, 0.05) is 16.5 Å². The number of thiazole rings is 1. The lowest BCUT2D eigenvalue weighted by atomic mass is 9.97. The number of aromatic nitrogens is 3. The maximum Gasteiger partial charge on any atom is 0.146 e. The number of nitrogens with zero attached hydrogens (tertiary/aromatic N) is 3. The van der Waals surface area contributed by atoms with Crippen molar-refractivity contribution < 1.29 is 0 Å². The summed E-state index contributed by atoms with van der Waals surface area (Å²) < 4.78 is 2.18. The lowest BCUT2D eigenvalue weighted by molar-refractivity contribution is 1.21. The first-order valence-electron chi connectivity index (χ1n) is 11.6. The summed E-state index contributed by atoms with van der Waals surface area (Å²) in [6.07, 6.45) is 7.41. The zero-order chi connectivity index (χ0) is 24.8. The molecular formula is C32H23N3S. The number of benzene rings is 3. The summed E-state index contributed by atoms with van der Waals surface area (Å²) in [4.78, 5) is 10.7. The van der Waals surface area contributed by atoms with Crippen molar-refractivity contribution in [2.45, 2.75) is 0 Å². The summed E-state index contributed by atoms with van der Waals surface area (Å²) in [6.45, 7) is 16.0. The number of pyridine rings is 1. The van der Waals surface area contributed by atoms with E-state index in [0.717, 1.165) is 71.0 Å². The third kappa shape index (κ3) is 3.27. The van der Waals surface area contributed by atoms with Crippen molar-refractivity contribution >= 4 is 63.1 Å². The highest BCUT2D eigenvalue weighted by Gasteiger charge is 2.16. The maximum atomic E-state index is 4.96. The molecule has 3 aromatic carbocycles. The van der Waals surface area contributed by atoms with E-state index >= 15 is 0 Å². The quantitative estimate of drug-likeness (QED) is 0.238. The van der Waals surface area contributed by atoms with Crippen molar-refractivity contribution in [2.24, 2.45) is 0 Å². The van der Waals surface area contributed by atoms with Crippen molar-refractivity contribution in [1.82, 2.24) is 14.4 Å². The van der Waals surface area contributed by atoms with Crippen LogP contribution >= 0.6 is 11.3 Å². The van der Waals surface area contributed by atoms with Gasteiger partial charge in [0.25, 0.3) is 0 Å².